The third-order valence-electron chi connectivity index (χ3n) is 3.36. The van der Waals surface area contributed by atoms with E-state index in [1.54, 1.807) is 6.07 Å². The summed E-state index contributed by atoms with van der Waals surface area (Å²) in [5.74, 6) is -0.0582. The van der Waals surface area contributed by atoms with Crippen LogP contribution in [-0.4, -0.2) is 18.7 Å². The van der Waals surface area contributed by atoms with Gasteiger partial charge in [0.05, 0.1) is 5.56 Å². The first kappa shape index (κ1) is 14.2. The molecule has 5 heteroatoms. The molecule has 0 aromatic heterocycles. The minimum Gasteiger partial charge on any atom is -0.490 e. The Bertz CT molecular complexity index is 419. The molecule has 0 aliphatic heterocycles. The molecule has 2 atom stereocenters. The van der Waals surface area contributed by atoms with Gasteiger partial charge in [-0.2, -0.15) is 13.2 Å². The minimum absolute atomic E-state index is 0.0582. The molecule has 0 saturated heterocycles. The molecule has 106 valence electrons. The van der Waals surface area contributed by atoms with Crippen LogP contribution >= 0.6 is 0 Å². The predicted molar refractivity (Wildman–Crippen MR) is 67.2 cm³/mol. The molecule has 2 rings (SSSR count). The van der Waals surface area contributed by atoms with Gasteiger partial charge in [0.15, 0.2) is 0 Å². The van der Waals surface area contributed by atoms with E-state index in [0.29, 0.717) is 6.04 Å². The average Bonchev–Trinajstić information content (AvgIpc) is 2.76. The van der Waals surface area contributed by atoms with Crippen LogP contribution in [0.3, 0.4) is 0 Å². The van der Waals surface area contributed by atoms with Crippen molar-refractivity contribution in [1.82, 2.24) is 5.32 Å². The predicted octanol–water partition coefficient (Wildman–Crippen LogP) is 3.61. The van der Waals surface area contributed by atoms with Crippen molar-refractivity contribution in [3.63, 3.8) is 0 Å². The van der Waals surface area contributed by atoms with E-state index in [-0.39, 0.29) is 11.9 Å². The molecule has 0 bridgehead atoms. The van der Waals surface area contributed by atoms with E-state index in [1.807, 2.05) is 6.92 Å². The molecule has 1 aromatic rings. The van der Waals surface area contributed by atoms with Crippen LogP contribution in [0.15, 0.2) is 24.3 Å². The Morgan fingerprint density at radius 3 is 2.68 bits per heavy atom. The van der Waals surface area contributed by atoms with Crippen molar-refractivity contribution >= 4 is 0 Å². The van der Waals surface area contributed by atoms with Gasteiger partial charge in [0.1, 0.15) is 11.9 Å². The smallest absolute Gasteiger partial charge is 0.419 e. The maximum absolute atomic E-state index is 12.8. The highest BCUT2D eigenvalue weighted by Crippen LogP contribution is 2.37. The van der Waals surface area contributed by atoms with Gasteiger partial charge in [-0.25, -0.2) is 0 Å². The van der Waals surface area contributed by atoms with Gasteiger partial charge < -0.3 is 10.1 Å². The summed E-state index contributed by atoms with van der Waals surface area (Å²) >= 11 is 0. The van der Waals surface area contributed by atoms with Crippen molar-refractivity contribution < 1.29 is 17.9 Å². The number of para-hydroxylation sites is 1. The molecular weight excluding hydrogens is 255 g/mol. The van der Waals surface area contributed by atoms with Crippen LogP contribution in [0.25, 0.3) is 0 Å². The molecule has 0 amide bonds. The lowest BCUT2D eigenvalue weighted by Gasteiger charge is -2.18. The second kappa shape index (κ2) is 5.82. The van der Waals surface area contributed by atoms with E-state index in [2.05, 4.69) is 5.32 Å². The molecule has 0 radical (unpaired) electrons. The van der Waals surface area contributed by atoms with Gasteiger partial charge in [0.2, 0.25) is 0 Å². The Morgan fingerprint density at radius 1 is 1.26 bits per heavy atom. The van der Waals surface area contributed by atoms with Gasteiger partial charge in [-0.1, -0.05) is 19.1 Å². The number of rotatable bonds is 4. The first-order valence-corrected chi connectivity index (χ1v) is 6.57. The number of ether oxygens (including phenoxy) is 1. The zero-order valence-electron chi connectivity index (χ0n) is 10.8. The monoisotopic (exact) mass is 273 g/mol. The Morgan fingerprint density at radius 2 is 2.00 bits per heavy atom. The summed E-state index contributed by atoms with van der Waals surface area (Å²) < 4.78 is 44.0. The topological polar surface area (TPSA) is 21.3 Å². The summed E-state index contributed by atoms with van der Waals surface area (Å²) in [7, 11) is 0. The normalized spacial score (nSPS) is 23.6. The largest absolute Gasteiger partial charge is 0.490 e. The van der Waals surface area contributed by atoms with Crippen molar-refractivity contribution in [2.45, 2.75) is 44.5 Å². The fraction of sp³-hybridized carbons (Fsp3) is 0.571. The number of alkyl halides is 3. The van der Waals surface area contributed by atoms with Gasteiger partial charge in [0, 0.05) is 6.04 Å². The van der Waals surface area contributed by atoms with Crippen LogP contribution in [0.2, 0.25) is 0 Å². The van der Waals surface area contributed by atoms with E-state index in [4.69, 9.17) is 4.74 Å². The molecule has 19 heavy (non-hydrogen) atoms. The molecule has 2 nitrogen and oxygen atoms in total. The van der Waals surface area contributed by atoms with E-state index < -0.39 is 11.7 Å². The lowest BCUT2D eigenvalue weighted by atomic mass is 10.2. The summed E-state index contributed by atoms with van der Waals surface area (Å²) in [6, 6.07) is 5.76. The van der Waals surface area contributed by atoms with Crippen molar-refractivity contribution in [2.24, 2.45) is 0 Å². The summed E-state index contributed by atoms with van der Waals surface area (Å²) in [5.41, 5.74) is -0.693. The summed E-state index contributed by atoms with van der Waals surface area (Å²) in [4.78, 5) is 0. The SMILES string of the molecule is CCNC1CCC(Oc2ccccc2C(F)(F)F)C1. The quantitative estimate of drug-likeness (QED) is 0.904. The first-order chi connectivity index (χ1) is 9.00. The molecule has 1 fully saturated rings. The van der Waals surface area contributed by atoms with Gasteiger partial charge >= 0.3 is 6.18 Å². The van der Waals surface area contributed by atoms with E-state index >= 15 is 0 Å². The Kier molecular flexibility index (Phi) is 4.34. The first-order valence-electron chi connectivity index (χ1n) is 6.57. The highest BCUT2D eigenvalue weighted by Gasteiger charge is 2.35. The van der Waals surface area contributed by atoms with Gasteiger partial charge in [-0.3, -0.25) is 0 Å². The van der Waals surface area contributed by atoms with Gasteiger partial charge in [-0.15, -0.1) is 0 Å². The zero-order valence-corrected chi connectivity index (χ0v) is 10.8. The molecule has 0 heterocycles. The molecule has 1 saturated carbocycles. The van der Waals surface area contributed by atoms with Crippen molar-refractivity contribution in [3.05, 3.63) is 29.8 Å². The molecule has 1 N–H and O–H groups in total. The molecule has 2 unspecified atom stereocenters. The molecule has 1 aliphatic carbocycles. The minimum atomic E-state index is -4.36. The van der Waals surface area contributed by atoms with Gasteiger partial charge in [-0.05, 0) is 37.9 Å². The van der Waals surface area contributed by atoms with Crippen LogP contribution in [-0.2, 0) is 6.18 Å². The zero-order chi connectivity index (χ0) is 13.9. The van der Waals surface area contributed by atoms with Crippen molar-refractivity contribution in [2.75, 3.05) is 6.54 Å². The number of halogens is 3. The van der Waals surface area contributed by atoms with Crippen molar-refractivity contribution in [1.29, 1.82) is 0 Å². The molecule has 0 spiro atoms. The summed E-state index contributed by atoms with van der Waals surface area (Å²) in [6.07, 6.45) is -1.99. The Hall–Kier alpha value is -1.23. The lowest BCUT2D eigenvalue weighted by Crippen LogP contribution is -2.27. The summed E-state index contributed by atoms with van der Waals surface area (Å²) in [6.45, 7) is 2.89. The number of hydrogen-bond donors (Lipinski definition) is 1. The third kappa shape index (κ3) is 3.62. The Balaban J connectivity index is 2.04. The van der Waals surface area contributed by atoms with Crippen LogP contribution < -0.4 is 10.1 Å². The molecular formula is C14H18F3NO. The van der Waals surface area contributed by atoms with Crippen LogP contribution in [0, 0.1) is 0 Å². The molecule has 1 aliphatic rings. The second-order valence-electron chi connectivity index (χ2n) is 4.80. The van der Waals surface area contributed by atoms with E-state index in [9.17, 15) is 13.2 Å². The van der Waals surface area contributed by atoms with E-state index in [0.717, 1.165) is 31.9 Å². The maximum Gasteiger partial charge on any atom is 0.419 e. The maximum atomic E-state index is 12.8. The van der Waals surface area contributed by atoms with Gasteiger partial charge in [0.25, 0.3) is 0 Å². The van der Waals surface area contributed by atoms with E-state index in [1.165, 1.54) is 12.1 Å². The Labute approximate surface area is 111 Å². The number of hydrogen-bond acceptors (Lipinski definition) is 2. The third-order valence-corrected chi connectivity index (χ3v) is 3.36. The highest BCUT2D eigenvalue weighted by atomic mass is 19.4. The fourth-order valence-corrected chi connectivity index (χ4v) is 2.50. The van der Waals surface area contributed by atoms with Crippen LogP contribution in [0.1, 0.15) is 31.7 Å². The highest BCUT2D eigenvalue weighted by molar-refractivity contribution is 5.35. The van der Waals surface area contributed by atoms with Crippen LogP contribution in [0.5, 0.6) is 5.75 Å². The average molecular weight is 273 g/mol. The standard InChI is InChI=1S/C14H18F3NO/c1-2-18-10-7-8-11(9-10)19-13-6-4-3-5-12(13)14(15,16)17/h3-6,10-11,18H,2,7-9H2,1H3. The molecule has 1 aromatic carbocycles. The number of benzene rings is 1. The van der Waals surface area contributed by atoms with Crippen LogP contribution in [0.4, 0.5) is 13.2 Å². The lowest BCUT2D eigenvalue weighted by molar-refractivity contribution is -0.139. The summed E-state index contributed by atoms with van der Waals surface area (Å²) in [5, 5.41) is 3.30. The van der Waals surface area contributed by atoms with Crippen molar-refractivity contribution in [3.8, 4) is 5.75 Å². The second-order valence-corrected chi connectivity index (χ2v) is 4.80. The fourth-order valence-electron chi connectivity index (χ4n) is 2.50. The number of nitrogens with one attached hydrogen (secondary N) is 1.